The van der Waals surface area contributed by atoms with Crippen LogP contribution in [0.1, 0.15) is 125 Å². The van der Waals surface area contributed by atoms with Gasteiger partial charge in [-0.1, -0.05) is 59.7 Å². The Bertz CT molecular complexity index is 2150. The lowest BCUT2D eigenvalue weighted by Gasteiger charge is -2.68. The van der Waals surface area contributed by atoms with Crippen LogP contribution in [-0.2, 0) is 51.9 Å². The summed E-state index contributed by atoms with van der Waals surface area (Å²) in [6, 6.07) is 9.57. The average Bonchev–Trinajstić information content (AvgIpc) is 3.99. The van der Waals surface area contributed by atoms with Gasteiger partial charge in [0.15, 0.2) is 26.3 Å². The molecule has 1 aromatic rings. The summed E-state index contributed by atoms with van der Waals surface area (Å²) in [6.45, 7) is 22.0. The van der Waals surface area contributed by atoms with Crippen molar-refractivity contribution in [2.24, 2.45) is 16.7 Å². The Labute approximate surface area is 420 Å². The lowest BCUT2D eigenvalue weighted by atomic mass is 9.45. The van der Waals surface area contributed by atoms with Gasteiger partial charge in [-0.25, -0.2) is 14.4 Å². The van der Waals surface area contributed by atoms with Gasteiger partial charge in [-0.05, 0) is 101 Å². The van der Waals surface area contributed by atoms with E-state index in [2.05, 4.69) is 31.0 Å². The van der Waals surface area contributed by atoms with Crippen LogP contribution in [0.15, 0.2) is 41.5 Å². The summed E-state index contributed by atoms with van der Waals surface area (Å²) in [7, 11) is -2.65. The Hall–Kier alpha value is -3.46. The fraction of sp³-hybridized carbons (Fsp3) is 0.774. The van der Waals surface area contributed by atoms with Gasteiger partial charge in [-0.15, -0.1) is 0 Å². The van der Waals surface area contributed by atoms with E-state index in [1.807, 2.05) is 27.7 Å². The number of hydrogen-bond donors (Lipinski definition) is 3. The number of nitrogens with one attached hydrogen (secondary N) is 1. The van der Waals surface area contributed by atoms with Crippen molar-refractivity contribution in [3.63, 3.8) is 0 Å². The SMILES string of the molecule is CC[Si](CC)(CC)O[C@@H](C(=O)O[C@H]1C[C@@]2(O)[C@@H](OC(=O)c3ccccc3)[C@H]3[C@@](C)(CC[C@H]4OC[C@]43OC(C)=O)[C@@H]3O[C@H](CN4CC[C@H]4CO)O[C@@H]3C(=C1C)C2(C)C)[C@@H](NC(=O)OC(C)(C)C)C1CCCO1. The summed E-state index contributed by atoms with van der Waals surface area (Å²) in [4.78, 5) is 59.5. The third-order valence-corrected chi connectivity index (χ3v) is 22.2. The normalized spacial score (nSPS) is 36.3. The minimum absolute atomic E-state index is 0.0123. The summed E-state index contributed by atoms with van der Waals surface area (Å²) in [5.74, 6) is -2.95. The molecule has 4 aliphatic heterocycles. The Kier molecular flexibility index (Phi) is 15.4. The maximum absolute atomic E-state index is 15.6. The van der Waals surface area contributed by atoms with E-state index in [0.717, 1.165) is 13.0 Å². The van der Waals surface area contributed by atoms with E-state index in [1.54, 1.807) is 51.1 Å². The monoisotopic (exact) mass is 1010 g/mol. The van der Waals surface area contributed by atoms with Crippen LogP contribution in [0.2, 0.25) is 18.1 Å². The second-order valence-corrected chi connectivity index (χ2v) is 27.7. The number of benzene rings is 1. The van der Waals surface area contributed by atoms with Crippen LogP contribution in [0, 0.1) is 16.7 Å². The fourth-order valence-electron chi connectivity index (χ4n) is 13.3. The van der Waals surface area contributed by atoms with E-state index in [0.29, 0.717) is 68.1 Å². The van der Waals surface area contributed by atoms with Gasteiger partial charge < -0.3 is 57.9 Å². The van der Waals surface area contributed by atoms with Gasteiger partial charge in [0.2, 0.25) is 0 Å². The molecule has 18 heteroatoms. The van der Waals surface area contributed by atoms with Gasteiger partial charge in [0.1, 0.15) is 35.6 Å². The molecule has 7 aliphatic rings. The summed E-state index contributed by atoms with van der Waals surface area (Å²) >= 11 is 0. The van der Waals surface area contributed by atoms with Crippen molar-refractivity contribution in [1.29, 1.82) is 0 Å². The number of ether oxygens (including phenoxy) is 8. The highest BCUT2D eigenvalue weighted by molar-refractivity contribution is 6.73. The Morgan fingerprint density at radius 1 is 0.972 bits per heavy atom. The van der Waals surface area contributed by atoms with E-state index in [9.17, 15) is 24.6 Å². The van der Waals surface area contributed by atoms with Gasteiger partial charge >= 0.3 is 24.0 Å². The number of rotatable bonds is 16. The molecule has 4 heterocycles. The standard InChI is InChI=1S/C53H80N2O15Si/c1-12-71(13-2,14-3)70-42(40(35-21-18-26-62-35)54-48(60)69-49(6,7)8)47(59)64-36-27-53(61)45(67-46(58)33-19-16-15-17-20-33)43-51(11,24-22-37-52(43,30-63-37)68-32(5)57)44-41(39(31(36)4)50(53,9)10)65-38(66-44)28-55-25-23-34(55)29-56/h15-17,19-20,34-38,40-45,56,61H,12-14,18,21-30H2,1-11H3,(H,54,60)/t34-,35?,36-,37+,38+,40-,41+,42+,43-,44+,45-,51+,52-,53+/m0/s1. The van der Waals surface area contributed by atoms with E-state index in [-0.39, 0.29) is 31.2 Å². The predicted molar refractivity (Wildman–Crippen MR) is 261 cm³/mol. The summed E-state index contributed by atoms with van der Waals surface area (Å²) in [5.41, 5.74) is -5.02. The summed E-state index contributed by atoms with van der Waals surface area (Å²) < 4.78 is 59.7. The van der Waals surface area contributed by atoms with Crippen LogP contribution in [0.5, 0.6) is 0 Å². The van der Waals surface area contributed by atoms with Crippen molar-refractivity contribution < 1.29 is 71.7 Å². The van der Waals surface area contributed by atoms with Gasteiger partial charge in [0.05, 0.1) is 42.9 Å². The number of esters is 3. The molecule has 3 N–H and O–H groups in total. The second-order valence-electron chi connectivity index (χ2n) is 23.0. The molecule has 14 atom stereocenters. The summed E-state index contributed by atoms with van der Waals surface area (Å²) in [5, 5.41) is 27.5. The lowest BCUT2D eigenvalue weighted by Crippen LogP contribution is -2.79. The summed E-state index contributed by atoms with van der Waals surface area (Å²) in [6.07, 6.45) is -5.40. The molecule has 0 radical (unpaired) electrons. The largest absolute Gasteiger partial charge is 0.456 e. The first-order valence-corrected chi connectivity index (χ1v) is 28.7. The van der Waals surface area contributed by atoms with Crippen LogP contribution in [0.3, 0.4) is 0 Å². The minimum Gasteiger partial charge on any atom is -0.456 e. The van der Waals surface area contributed by atoms with E-state index in [4.69, 9.17) is 42.3 Å². The van der Waals surface area contributed by atoms with Crippen molar-refractivity contribution in [1.82, 2.24) is 10.2 Å². The molecular formula is C53H80N2O15Si. The van der Waals surface area contributed by atoms with Crippen LogP contribution >= 0.6 is 0 Å². The molecule has 0 aromatic heterocycles. The molecule has 1 amide bonds. The number of fused-ring (bicyclic) bond motifs is 8. The van der Waals surface area contributed by atoms with E-state index >= 15 is 4.79 Å². The molecule has 17 nitrogen and oxygen atoms in total. The zero-order valence-corrected chi connectivity index (χ0v) is 44.8. The first-order chi connectivity index (χ1) is 33.5. The second kappa shape index (κ2) is 20.3. The lowest BCUT2D eigenvalue weighted by molar-refractivity contribution is -0.345. The molecule has 1 aromatic carbocycles. The topological polar surface area (TPSA) is 207 Å². The van der Waals surface area contributed by atoms with Gasteiger partial charge in [0.25, 0.3) is 0 Å². The number of aliphatic hydroxyl groups is 2. The molecule has 3 aliphatic carbocycles. The molecule has 396 valence electrons. The minimum atomic E-state index is -2.65. The average molecular weight is 1010 g/mol. The third-order valence-electron chi connectivity index (χ3n) is 17.6. The number of amides is 1. The molecule has 0 spiro atoms. The smallest absolute Gasteiger partial charge is 0.408 e. The van der Waals surface area contributed by atoms with Crippen LogP contribution in [0.25, 0.3) is 0 Å². The maximum Gasteiger partial charge on any atom is 0.408 e. The first kappa shape index (κ1) is 53.8. The van der Waals surface area contributed by atoms with Crippen LogP contribution in [0.4, 0.5) is 4.79 Å². The first-order valence-electron chi connectivity index (χ1n) is 26.2. The fourth-order valence-corrected chi connectivity index (χ4v) is 16.1. The number of carbonyl (C=O) groups is 4. The van der Waals surface area contributed by atoms with Gasteiger partial charge in [-0.2, -0.15) is 0 Å². The predicted octanol–water partition coefficient (Wildman–Crippen LogP) is 6.37. The van der Waals surface area contributed by atoms with Crippen molar-refractivity contribution in [3.05, 3.63) is 47.0 Å². The van der Waals surface area contributed by atoms with Crippen LogP contribution < -0.4 is 5.32 Å². The Morgan fingerprint density at radius 2 is 1.68 bits per heavy atom. The number of carbonyl (C=O) groups excluding carboxylic acids is 4. The number of hydrogen-bond acceptors (Lipinski definition) is 16. The van der Waals surface area contributed by atoms with Crippen molar-refractivity contribution >= 4 is 32.3 Å². The van der Waals surface area contributed by atoms with Gasteiger partial charge in [-0.3, -0.25) is 9.69 Å². The molecule has 4 saturated heterocycles. The Morgan fingerprint density at radius 3 is 2.24 bits per heavy atom. The number of alkyl carbamates (subject to hydrolysis) is 1. The van der Waals surface area contributed by atoms with E-state index in [1.165, 1.54) is 6.92 Å². The number of likely N-dealkylation sites (tertiary alicyclic amines) is 1. The molecular weight excluding hydrogens is 933 g/mol. The highest BCUT2D eigenvalue weighted by Gasteiger charge is 2.77. The zero-order valence-electron chi connectivity index (χ0n) is 43.8. The Balaban J connectivity index is 1.29. The van der Waals surface area contributed by atoms with Crippen LogP contribution in [-0.4, -0.2) is 158 Å². The number of nitrogens with zero attached hydrogens (tertiary/aromatic N) is 1. The van der Waals surface area contributed by atoms with Crippen molar-refractivity contribution in [2.75, 3.05) is 32.9 Å². The molecule has 6 fully saturated rings. The third kappa shape index (κ3) is 9.76. The molecule has 2 saturated carbocycles. The zero-order chi connectivity index (χ0) is 51.5. The van der Waals surface area contributed by atoms with Gasteiger partial charge in [0, 0.05) is 49.9 Å². The number of aliphatic hydroxyl groups excluding tert-OH is 1. The molecule has 1 unspecified atom stereocenters. The molecule has 71 heavy (non-hydrogen) atoms. The molecule has 8 rings (SSSR count). The van der Waals surface area contributed by atoms with Crippen molar-refractivity contribution in [2.45, 2.75) is 211 Å². The van der Waals surface area contributed by atoms with Crippen molar-refractivity contribution in [3.8, 4) is 0 Å². The highest BCUT2D eigenvalue weighted by atomic mass is 28.4. The quantitative estimate of drug-likeness (QED) is 0.0712. The van der Waals surface area contributed by atoms with E-state index < -0.39 is 121 Å². The highest BCUT2D eigenvalue weighted by Crippen LogP contribution is 2.67. The molecule has 2 bridgehead atoms. The maximum atomic E-state index is 15.6.